The summed E-state index contributed by atoms with van der Waals surface area (Å²) in [7, 11) is 2.09. The lowest BCUT2D eigenvalue weighted by Gasteiger charge is -2.42. The predicted molar refractivity (Wildman–Crippen MR) is 80.8 cm³/mol. The number of aliphatic hydroxyl groups excluding tert-OH is 1. The fourth-order valence-electron chi connectivity index (χ4n) is 2.47. The van der Waals surface area contributed by atoms with E-state index in [-0.39, 0.29) is 12.5 Å². The van der Waals surface area contributed by atoms with Crippen molar-refractivity contribution in [3.05, 3.63) is 29.6 Å². The Kier molecular flexibility index (Phi) is 4.94. The van der Waals surface area contributed by atoms with Gasteiger partial charge in [0.05, 0.1) is 0 Å². The molecule has 1 N–H and O–H groups in total. The lowest BCUT2D eigenvalue weighted by molar-refractivity contribution is 0.0409. The van der Waals surface area contributed by atoms with E-state index in [0.717, 1.165) is 0 Å². The molecule has 1 aromatic heterocycles. The van der Waals surface area contributed by atoms with Gasteiger partial charge < -0.3 is 10.0 Å². The summed E-state index contributed by atoms with van der Waals surface area (Å²) in [5.74, 6) is 5.29. The molecular weight excluding hydrogens is 266 g/mol. The summed E-state index contributed by atoms with van der Waals surface area (Å²) in [5, 5.41) is 8.65. The standard InChI is InChI=1S/C16H21N3O2/c1-12-10-19(11-13(2)18(12)3)16(21)15-7-6-14(9-17-15)5-4-8-20/h6-7,9,12-13,20H,8,10-11H2,1-3H3. The number of likely N-dealkylation sites (N-methyl/N-ethyl adjacent to an activating group) is 1. The molecule has 2 heterocycles. The van der Waals surface area contributed by atoms with Crippen molar-refractivity contribution in [3.63, 3.8) is 0 Å². The first-order valence-electron chi connectivity index (χ1n) is 7.10. The first-order chi connectivity index (χ1) is 10.0. The van der Waals surface area contributed by atoms with Gasteiger partial charge in [-0.2, -0.15) is 0 Å². The van der Waals surface area contributed by atoms with Crippen molar-refractivity contribution in [1.29, 1.82) is 0 Å². The number of rotatable bonds is 1. The van der Waals surface area contributed by atoms with Crippen molar-refractivity contribution in [2.24, 2.45) is 0 Å². The van der Waals surface area contributed by atoms with E-state index >= 15 is 0 Å². The van der Waals surface area contributed by atoms with Crippen LogP contribution in [0.4, 0.5) is 0 Å². The number of aromatic nitrogens is 1. The second-order valence-electron chi connectivity index (χ2n) is 5.47. The first kappa shape index (κ1) is 15.5. The van der Waals surface area contributed by atoms with E-state index in [4.69, 9.17) is 5.11 Å². The maximum atomic E-state index is 12.5. The number of carbonyl (C=O) groups is 1. The topological polar surface area (TPSA) is 56.7 Å². The second-order valence-corrected chi connectivity index (χ2v) is 5.47. The Balaban J connectivity index is 2.09. The van der Waals surface area contributed by atoms with Gasteiger partial charge in [-0.15, -0.1) is 0 Å². The second kappa shape index (κ2) is 6.70. The molecule has 1 saturated heterocycles. The molecule has 1 amide bonds. The van der Waals surface area contributed by atoms with E-state index in [1.165, 1.54) is 0 Å². The molecule has 21 heavy (non-hydrogen) atoms. The molecule has 1 aliphatic rings. The van der Waals surface area contributed by atoms with Crippen LogP contribution >= 0.6 is 0 Å². The van der Waals surface area contributed by atoms with E-state index < -0.39 is 0 Å². The molecule has 0 aliphatic carbocycles. The zero-order valence-electron chi connectivity index (χ0n) is 12.7. The molecule has 0 spiro atoms. The largest absolute Gasteiger partial charge is 0.384 e. The average Bonchev–Trinajstić information content (AvgIpc) is 2.50. The maximum absolute atomic E-state index is 12.5. The van der Waals surface area contributed by atoms with Crippen LogP contribution in [0.2, 0.25) is 0 Å². The maximum Gasteiger partial charge on any atom is 0.272 e. The minimum Gasteiger partial charge on any atom is -0.384 e. The van der Waals surface area contributed by atoms with Gasteiger partial charge in [0.15, 0.2) is 0 Å². The van der Waals surface area contributed by atoms with E-state index in [9.17, 15) is 4.79 Å². The van der Waals surface area contributed by atoms with E-state index in [0.29, 0.717) is 36.4 Å². The number of hydrogen-bond acceptors (Lipinski definition) is 4. The van der Waals surface area contributed by atoms with Crippen LogP contribution in [0.1, 0.15) is 29.9 Å². The predicted octanol–water partition coefficient (Wildman–Crippen LogP) is 0.590. The molecule has 1 aliphatic heterocycles. The summed E-state index contributed by atoms with van der Waals surface area (Å²) >= 11 is 0. The summed E-state index contributed by atoms with van der Waals surface area (Å²) in [6.45, 7) is 5.49. The number of pyridine rings is 1. The van der Waals surface area contributed by atoms with Crippen molar-refractivity contribution in [2.75, 3.05) is 26.7 Å². The normalized spacial score (nSPS) is 22.6. The average molecular weight is 287 g/mol. The van der Waals surface area contributed by atoms with E-state index in [2.05, 4.69) is 42.6 Å². The summed E-state index contributed by atoms with van der Waals surface area (Å²) in [6.07, 6.45) is 1.57. The third kappa shape index (κ3) is 3.60. The van der Waals surface area contributed by atoms with Crippen LogP contribution in [0, 0.1) is 11.8 Å². The number of amides is 1. The molecule has 0 bridgehead atoms. The Morgan fingerprint density at radius 3 is 2.57 bits per heavy atom. The number of aliphatic hydroxyl groups is 1. The van der Waals surface area contributed by atoms with E-state index in [1.54, 1.807) is 18.3 Å². The lowest BCUT2D eigenvalue weighted by Crippen LogP contribution is -2.56. The van der Waals surface area contributed by atoms with Gasteiger partial charge in [0.1, 0.15) is 12.3 Å². The minimum atomic E-state index is -0.183. The highest BCUT2D eigenvalue weighted by Crippen LogP contribution is 2.15. The van der Waals surface area contributed by atoms with Crippen molar-refractivity contribution < 1.29 is 9.90 Å². The summed E-state index contributed by atoms with van der Waals surface area (Å²) in [5.41, 5.74) is 1.13. The van der Waals surface area contributed by atoms with Gasteiger partial charge in [0.2, 0.25) is 0 Å². The van der Waals surface area contributed by atoms with Crippen LogP contribution in [0.5, 0.6) is 0 Å². The fourth-order valence-corrected chi connectivity index (χ4v) is 2.47. The molecule has 2 rings (SSSR count). The highest BCUT2D eigenvalue weighted by Gasteiger charge is 2.30. The number of piperazine rings is 1. The Bertz CT molecular complexity index is 547. The van der Waals surface area contributed by atoms with Gasteiger partial charge in [-0.3, -0.25) is 9.69 Å². The van der Waals surface area contributed by atoms with E-state index in [1.807, 2.05) is 4.90 Å². The van der Waals surface area contributed by atoms with Crippen LogP contribution in [0.15, 0.2) is 18.3 Å². The van der Waals surface area contributed by atoms with Crippen LogP contribution in [-0.4, -0.2) is 64.6 Å². The van der Waals surface area contributed by atoms with Gasteiger partial charge in [0.25, 0.3) is 5.91 Å². The van der Waals surface area contributed by atoms with Crippen molar-refractivity contribution in [2.45, 2.75) is 25.9 Å². The summed E-state index contributed by atoms with van der Waals surface area (Å²) in [6, 6.07) is 4.13. The number of hydrogen-bond donors (Lipinski definition) is 1. The number of carbonyl (C=O) groups excluding carboxylic acids is 1. The Morgan fingerprint density at radius 1 is 1.38 bits per heavy atom. The lowest BCUT2D eigenvalue weighted by atomic mass is 10.1. The van der Waals surface area contributed by atoms with Crippen LogP contribution < -0.4 is 0 Å². The summed E-state index contributed by atoms with van der Waals surface area (Å²) in [4.78, 5) is 20.8. The SMILES string of the molecule is CC1CN(C(=O)c2ccc(C#CCO)cn2)CC(C)N1C. The zero-order chi connectivity index (χ0) is 15.4. The minimum absolute atomic E-state index is 0.0385. The van der Waals surface area contributed by atoms with Gasteiger partial charge in [-0.1, -0.05) is 11.8 Å². The molecule has 0 saturated carbocycles. The van der Waals surface area contributed by atoms with Gasteiger partial charge >= 0.3 is 0 Å². The van der Waals surface area contributed by atoms with Gasteiger partial charge in [-0.25, -0.2) is 4.98 Å². The number of nitrogens with zero attached hydrogens (tertiary/aromatic N) is 3. The smallest absolute Gasteiger partial charge is 0.272 e. The molecule has 1 aromatic rings. The first-order valence-corrected chi connectivity index (χ1v) is 7.10. The monoisotopic (exact) mass is 287 g/mol. The van der Waals surface area contributed by atoms with Crippen molar-refractivity contribution in [1.82, 2.24) is 14.8 Å². The summed E-state index contributed by atoms with van der Waals surface area (Å²) < 4.78 is 0. The van der Waals surface area contributed by atoms with Crippen LogP contribution in [0.3, 0.4) is 0 Å². The van der Waals surface area contributed by atoms with Crippen molar-refractivity contribution in [3.8, 4) is 11.8 Å². The Morgan fingerprint density at radius 2 is 2.05 bits per heavy atom. The molecule has 5 nitrogen and oxygen atoms in total. The third-order valence-corrected chi connectivity index (χ3v) is 3.94. The van der Waals surface area contributed by atoms with Gasteiger partial charge in [0, 0.05) is 36.9 Å². The zero-order valence-corrected chi connectivity index (χ0v) is 12.7. The molecule has 0 aromatic carbocycles. The van der Waals surface area contributed by atoms with Crippen LogP contribution in [0.25, 0.3) is 0 Å². The van der Waals surface area contributed by atoms with Crippen LogP contribution in [-0.2, 0) is 0 Å². The molecule has 112 valence electrons. The molecule has 1 fully saturated rings. The molecule has 2 unspecified atom stereocenters. The highest BCUT2D eigenvalue weighted by molar-refractivity contribution is 5.92. The third-order valence-electron chi connectivity index (χ3n) is 3.94. The van der Waals surface area contributed by atoms with Crippen molar-refractivity contribution >= 4 is 5.91 Å². The fraction of sp³-hybridized carbons (Fsp3) is 0.500. The quantitative estimate of drug-likeness (QED) is 0.768. The molecule has 2 atom stereocenters. The molecule has 5 heteroatoms. The molecular formula is C16H21N3O2. The highest BCUT2D eigenvalue weighted by atomic mass is 16.2. The Hall–Kier alpha value is -1.90. The molecule has 0 radical (unpaired) electrons. The Labute approximate surface area is 125 Å². The van der Waals surface area contributed by atoms with Gasteiger partial charge in [-0.05, 0) is 33.0 Å².